The molecule has 0 fully saturated rings. The molecule has 2 aromatic rings. The van der Waals surface area contributed by atoms with Gasteiger partial charge in [-0.05, 0) is 35.4 Å². The minimum atomic E-state index is -2.86. The van der Waals surface area contributed by atoms with Gasteiger partial charge in [0.05, 0.1) is 5.56 Å². The van der Waals surface area contributed by atoms with E-state index in [-0.39, 0.29) is 24.1 Å². The smallest absolute Gasteiger partial charge is 0.335 e. The van der Waals surface area contributed by atoms with Gasteiger partial charge in [0, 0.05) is 42.7 Å². The van der Waals surface area contributed by atoms with Gasteiger partial charge in [0.25, 0.3) is 6.43 Å². The van der Waals surface area contributed by atoms with Crippen LogP contribution in [0.15, 0.2) is 64.9 Å². The van der Waals surface area contributed by atoms with Crippen molar-refractivity contribution >= 4 is 29.2 Å². The van der Waals surface area contributed by atoms with Crippen molar-refractivity contribution < 1.29 is 23.5 Å². The highest BCUT2D eigenvalue weighted by molar-refractivity contribution is 6.30. The van der Waals surface area contributed by atoms with Gasteiger partial charge in [-0.15, -0.1) is 0 Å². The molecule has 0 bridgehead atoms. The van der Waals surface area contributed by atoms with Crippen molar-refractivity contribution in [1.82, 2.24) is 10.3 Å². The van der Waals surface area contributed by atoms with E-state index in [0.717, 1.165) is 10.6 Å². The van der Waals surface area contributed by atoms with Crippen LogP contribution < -0.4 is 5.32 Å². The van der Waals surface area contributed by atoms with Gasteiger partial charge >= 0.3 is 5.97 Å². The number of benzene rings is 2. The van der Waals surface area contributed by atoms with Crippen LogP contribution in [0.25, 0.3) is 0 Å². The topological polar surface area (TPSA) is 82.0 Å². The lowest BCUT2D eigenvalue weighted by Crippen LogP contribution is -2.34. The minimum absolute atomic E-state index is 0.0136. The minimum Gasteiger partial charge on any atom is -0.478 e. The number of carboxylic acids is 1. The Morgan fingerprint density at radius 2 is 1.90 bits per heavy atom. The Bertz CT molecular complexity index is 1050. The maximum atomic E-state index is 13.6. The quantitative estimate of drug-likeness (QED) is 0.669. The van der Waals surface area contributed by atoms with E-state index < -0.39 is 24.0 Å². The highest BCUT2D eigenvalue weighted by atomic mass is 35.5. The van der Waals surface area contributed by atoms with E-state index in [4.69, 9.17) is 16.7 Å². The number of hydrogen-bond donors (Lipinski definition) is 2. The van der Waals surface area contributed by atoms with E-state index in [0.29, 0.717) is 22.7 Å². The van der Waals surface area contributed by atoms with Gasteiger partial charge in [-0.25, -0.2) is 13.6 Å². The fourth-order valence-electron chi connectivity index (χ4n) is 3.30. The molecule has 2 aromatic carbocycles. The number of aromatic carboxylic acids is 1. The Morgan fingerprint density at radius 3 is 2.52 bits per heavy atom. The van der Waals surface area contributed by atoms with Crippen LogP contribution in [-0.2, 0) is 17.8 Å². The number of nitrogens with zero attached hydrogens (tertiary/aromatic N) is 2. The number of carbonyl (C=O) groups is 2. The van der Waals surface area contributed by atoms with Gasteiger partial charge in [0.1, 0.15) is 5.70 Å². The lowest BCUT2D eigenvalue weighted by molar-refractivity contribution is -0.118. The molecule has 0 atom stereocenters. The third-order valence-corrected chi connectivity index (χ3v) is 5.00. The van der Waals surface area contributed by atoms with E-state index >= 15 is 0 Å². The van der Waals surface area contributed by atoms with Gasteiger partial charge in [-0.3, -0.25) is 9.80 Å². The molecule has 0 saturated heterocycles. The van der Waals surface area contributed by atoms with Crippen LogP contribution in [0, 0.1) is 0 Å². The van der Waals surface area contributed by atoms with Crippen LogP contribution in [-0.4, -0.2) is 41.2 Å². The molecule has 1 amide bonds. The molecule has 31 heavy (non-hydrogen) atoms. The molecular formula is C22H20ClF2N3O3. The molecule has 2 N–H and O–H groups in total. The second-order valence-electron chi connectivity index (χ2n) is 7.02. The summed E-state index contributed by atoms with van der Waals surface area (Å²) in [5.41, 5.74) is 1.70. The molecule has 3 rings (SSSR count). The largest absolute Gasteiger partial charge is 0.478 e. The van der Waals surface area contributed by atoms with Crippen LogP contribution in [0.4, 0.5) is 8.78 Å². The summed E-state index contributed by atoms with van der Waals surface area (Å²) in [6, 6.07) is 13.1. The first kappa shape index (κ1) is 22.4. The van der Waals surface area contributed by atoms with Gasteiger partial charge < -0.3 is 10.4 Å². The number of halogens is 3. The molecule has 0 spiro atoms. The van der Waals surface area contributed by atoms with Crippen molar-refractivity contribution in [3.05, 3.63) is 81.5 Å². The molecule has 1 heterocycles. The molecular weight excluding hydrogens is 428 g/mol. The molecule has 9 heteroatoms. The number of nitrogens with one attached hydrogen (secondary N) is 1. The second-order valence-corrected chi connectivity index (χ2v) is 7.46. The average Bonchev–Trinajstić information content (AvgIpc) is 2.71. The third kappa shape index (κ3) is 5.67. The number of hydrazone groups is 1. The van der Waals surface area contributed by atoms with Crippen molar-refractivity contribution in [3.8, 4) is 0 Å². The summed E-state index contributed by atoms with van der Waals surface area (Å²) in [5, 5.41) is 17.4. The highest BCUT2D eigenvalue weighted by Crippen LogP contribution is 2.27. The number of amides is 1. The Hall–Kier alpha value is -3.26. The number of allylic oxidation sites excluding steroid dienone is 1. The number of rotatable bonds is 7. The van der Waals surface area contributed by atoms with Crippen molar-refractivity contribution in [1.29, 1.82) is 0 Å². The molecule has 0 aromatic heterocycles. The summed E-state index contributed by atoms with van der Waals surface area (Å²) >= 11 is 6.01. The first-order valence-corrected chi connectivity index (χ1v) is 9.78. The van der Waals surface area contributed by atoms with Crippen molar-refractivity contribution in [3.63, 3.8) is 0 Å². The average molecular weight is 448 g/mol. The predicted octanol–water partition coefficient (Wildman–Crippen LogP) is 4.11. The Labute approximate surface area is 182 Å². The summed E-state index contributed by atoms with van der Waals surface area (Å²) < 4.78 is 27.3. The van der Waals surface area contributed by atoms with Gasteiger partial charge in [0.2, 0.25) is 5.91 Å². The molecule has 162 valence electrons. The van der Waals surface area contributed by atoms with Crippen molar-refractivity contribution in [2.24, 2.45) is 5.10 Å². The molecule has 0 unspecified atom stereocenters. The number of carboxylic acid groups (broad SMARTS) is 1. The highest BCUT2D eigenvalue weighted by Gasteiger charge is 2.30. The van der Waals surface area contributed by atoms with Gasteiger partial charge in [0.15, 0.2) is 0 Å². The standard InChI is InChI=1S/C22H20ClF2N3O3/c1-28-19(20(24)25)18(11-17(27-28)10-14-3-2-4-16(23)9-14)21(29)26-12-13-5-7-15(8-6-13)22(30)31/h2-9,20H,10-12H2,1H3,(H,26,29)(H,30,31). The first-order chi connectivity index (χ1) is 14.7. The summed E-state index contributed by atoms with van der Waals surface area (Å²) in [6.45, 7) is 0.0727. The lowest BCUT2D eigenvalue weighted by Gasteiger charge is -2.27. The molecule has 0 saturated carbocycles. The fraction of sp³-hybridized carbons (Fsp3) is 0.227. The van der Waals surface area contributed by atoms with Crippen LogP contribution >= 0.6 is 11.6 Å². The SMILES string of the molecule is CN1N=C(Cc2cccc(Cl)c2)CC(C(=O)NCc2ccc(C(=O)O)cc2)=C1C(F)F. The Kier molecular flexibility index (Phi) is 7.02. The van der Waals surface area contributed by atoms with Gasteiger partial charge in [-0.2, -0.15) is 5.10 Å². The molecule has 1 aliphatic rings. The zero-order chi connectivity index (χ0) is 22.5. The molecule has 1 aliphatic heterocycles. The summed E-state index contributed by atoms with van der Waals surface area (Å²) in [7, 11) is 1.39. The third-order valence-electron chi connectivity index (χ3n) is 4.76. The van der Waals surface area contributed by atoms with E-state index in [2.05, 4.69) is 10.4 Å². The summed E-state index contributed by atoms with van der Waals surface area (Å²) in [5.74, 6) is -1.68. The van der Waals surface area contributed by atoms with E-state index in [1.807, 2.05) is 6.07 Å². The predicted molar refractivity (Wildman–Crippen MR) is 113 cm³/mol. The number of alkyl halides is 2. The zero-order valence-electron chi connectivity index (χ0n) is 16.6. The zero-order valence-corrected chi connectivity index (χ0v) is 17.4. The molecule has 0 radical (unpaired) electrons. The molecule has 0 aliphatic carbocycles. The maximum absolute atomic E-state index is 13.6. The number of hydrogen-bond acceptors (Lipinski definition) is 4. The lowest BCUT2D eigenvalue weighted by atomic mass is 9.98. The second kappa shape index (κ2) is 9.70. The maximum Gasteiger partial charge on any atom is 0.335 e. The Balaban J connectivity index is 1.74. The van der Waals surface area contributed by atoms with Crippen LogP contribution in [0.3, 0.4) is 0 Å². The first-order valence-electron chi connectivity index (χ1n) is 9.40. The van der Waals surface area contributed by atoms with Crippen LogP contribution in [0.5, 0.6) is 0 Å². The van der Waals surface area contributed by atoms with E-state index in [1.54, 1.807) is 30.3 Å². The summed E-state index contributed by atoms with van der Waals surface area (Å²) in [6.07, 6.45) is -2.51. The molecule has 6 nitrogen and oxygen atoms in total. The summed E-state index contributed by atoms with van der Waals surface area (Å²) in [4.78, 5) is 23.7. The Morgan fingerprint density at radius 1 is 1.19 bits per heavy atom. The van der Waals surface area contributed by atoms with E-state index in [1.165, 1.54) is 19.2 Å². The fourth-order valence-corrected chi connectivity index (χ4v) is 3.51. The van der Waals surface area contributed by atoms with Crippen LogP contribution in [0.1, 0.15) is 27.9 Å². The van der Waals surface area contributed by atoms with Crippen molar-refractivity contribution in [2.75, 3.05) is 7.05 Å². The normalized spacial score (nSPS) is 14.0. The van der Waals surface area contributed by atoms with Crippen LogP contribution in [0.2, 0.25) is 5.02 Å². The monoisotopic (exact) mass is 447 g/mol. The van der Waals surface area contributed by atoms with Crippen molar-refractivity contribution in [2.45, 2.75) is 25.8 Å². The van der Waals surface area contributed by atoms with E-state index in [9.17, 15) is 18.4 Å². The van der Waals surface area contributed by atoms with Gasteiger partial charge in [-0.1, -0.05) is 35.9 Å². The number of carbonyl (C=O) groups excluding carboxylic acids is 1.